The summed E-state index contributed by atoms with van der Waals surface area (Å²) in [6, 6.07) is 18.7. The molecule has 1 fully saturated rings. The normalized spacial score (nSPS) is 20.3. The molecule has 1 aliphatic heterocycles. The molecule has 2 atom stereocenters. The van der Waals surface area contributed by atoms with Crippen LogP contribution in [0.25, 0.3) is 0 Å². The van der Waals surface area contributed by atoms with Gasteiger partial charge in [0.15, 0.2) is 0 Å². The molecule has 0 spiro atoms. The molecular weight excluding hydrogens is 336 g/mol. The Kier molecular flexibility index (Phi) is 5.74. The second kappa shape index (κ2) is 8.00. The molecule has 0 aromatic heterocycles. The average Bonchev–Trinajstić information content (AvgIpc) is 2.58. The number of carboxylic acids is 1. The number of nitrogens with zero attached hydrogens (tertiary/aromatic N) is 2. The summed E-state index contributed by atoms with van der Waals surface area (Å²) in [6.45, 7) is 4.58. The Morgan fingerprint density at radius 1 is 1.16 bits per heavy atom. The van der Waals surface area contributed by atoms with Gasteiger partial charge in [0, 0.05) is 30.7 Å². The SMILES string of the molecule is CC1CN([C@H](c2ccccc2)c2cccc(Cl)c2)CCN1CC(=O)O. The summed E-state index contributed by atoms with van der Waals surface area (Å²) in [7, 11) is 0. The van der Waals surface area contributed by atoms with Crippen LogP contribution >= 0.6 is 11.6 Å². The van der Waals surface area contributed by atoms with Crippen molar-refractivity contribution in [1.29, 1.82) is 0 Å². The zero-order valence-electron chi connectivity index (χ0n) is 14.3. The lowest BCUT2D eigenvalue weighted by Gasteiger charge is -2.43. The number of benzene rings is 2. The number of hydrogen-bond donors (Lipinski definition) is 1. The summed E-state index contributed by atoms with van der Waals surface area (Å²) in [5, 5.41) is 9.81. The fourth-order valence-electron chi connectivity index (χ4n) is 3.59. The van der Waals surface area contributed by atoms with Gasteiger partial charge in [0.1, 0.15) is 0 Å². The summed E-state index contributed by atoms with van der Waals surface area (Å²) in [5.41, 5.74) is 2.39. The molecule has 1 saturated heterocycles. The number of rotatable bonds is 5. The summed E-state index contributed by atoms with van der Waals surface area (Å²) < 4.78 is 0. The quantitative estimate of drug-likeness (QED) is 0.888. The highest BCUT2D eigenvalue weighted by Gasteiger charge is 2.30. The number of aliphatic carboxylic acids is 1. The molecule has 1 N–H and O–H groups in total. The van der Waals surface area contributed by atoms with E-state index in [-0.39, 0.29) is 18.6 Å². The first kappa shape index (κ1) is 17.9. The van der Waals surface area contributed by atoms with Crippen molar-refractivity contribution in [3.05, 3.63) is 70.7 Å². The van der Waals surface area contributed by atoms with Gasteiger partial charge < -0.3 is 5.11 Å². The van der Waals surface area contributed by atoms with E-state index >= 15 is 0 Å². The molecule has 1 aliphatic rings. The van der Waals surface area contributed by atoms with Crippen LogP contribution < -0.4 is 0 Å². The van der Waals surface area contributed by atoms with Gasteiger partial charge >= 0.3 is 5.97 Å². The van der Waals surface area contributed by atoms with E-state index in [0.29, 0.717) is 0 Å². The molecule has 3 rings (SSSR count). The van der Waals surface area contributed by atoms with Crippen molar-refractivity contribution in [3.8, 4) is 0 Å². The first-order valence-electron chi connectivity index (χ1n) is 8.55. The lowest BCUT2D eigenvalue weighted by Crippen LogP contribution is -2.54. The van der Waals surface area contributed by atoms with Crippen molar-refractivity contribution in [1.82, 2.24) is 9.80 Å². The van der Waals surface area contributed by atoms with E-state index in [4.69, 9.17) is 16.7 Å². The smallest absolute Gasteiger partial charge is 0.317 e. The van der Waals surface area contributed by atoms with Gasteiger partial charge in [-0.05, 0) is 30.2 Å². The zero-order chi connectivity index (χ0) is 17.8. The van der Waals surface area contributed by atoms with Crippen molar-refractivity contribution in [3.63, 3.8) is 0 Å². The van der Waals surface area contributed by atoms with Crippen LogP contribution in [0, 0.1) is 0 Å². The molecule has 0 aliphatic carbocycles. The van der Waals surface area contributed by atoms with Crippen molar-refractivity contribution in [2.24, 2.45) is 0 Å². The van der Waals surface area contributed by atoms with Gasteiger partial charge in [0.2, 0.25) is 0 Å². The fourth-order valence-corrected chi connectivity index (χ4v) is 3.79. The number of piperazine rings is 1. The molecule has 0 saturated carbocycles. The van der Waals surface area contributed by atoms with Crippen LogP contribution in [0.15, 0.2) is 54.6 Å². The second-order valence-corrected chi connectivity index (χ2v) is 7.01. The Morgan fingerprint density at radius 2 is 1.88 bits per heavy atom. The monoisotopic (exact) mass is 358 g/mol. The van der Waals surface area contributed by atoms with E-state index in [2.05, 4.69) is 42.2 Å². The molecule has 4 nitrogen and oxygen atoms in total. The van der Waals surface area contributed by atoms with Crippen molar-refractivity contribution in [2.45, 2.75) is 19.0 Å². The maximum absolute atomic E-state index is 11.0. The lowest BCUT2D eigenvalue weighted by molar-refractivity contribution is -0.139. The minimum absolute atomic E-state index is 0.0994. The van der Waals surface area contributed by atoms with Crippen LogP contribution in [0.5, 0.6) is 0 Å². The Hall–Kier alpha value is -1.88. The van der Waals surface area contributed by atoms with E-state index in [1.165, 1.54) is 5.56 Å². The minimum Gasteiger partial charge on any atom is -0.480 e. The third-order valence-corrected chi connectivity index (χ3v) is 5.01. The van der Waals surface area contributed by atoms with Crippen LogP contribution in [-0.4, -0.2) is 53.1 Å². The van der Waals surface area contributed by atoms with Gasteiger partial charge in [-0.1, -0.05) is 54.1 Å². The summed E-state index contributed by atoms with van der Waals surface area (Å²) in [6.07, 6.45) is 0. The molecule has 2 aromatic rings. The summed E-state index contributed by atoms with van der Waals surface area (Å²) >= 11 is 6.23. The summed E-state index contributed by atoms with van der Waals surface area (Å²) in [4.78, 5) is 15.5. The molecule has 0 bridgehead atoms. The third kappa shape index (κ3) is 4.40. The number of halogens is 1. The topological polar surface area (TPSA) is 43.8 Å². The van der Waals surface area contributed by atoms with E-state index in [0.717, 1.165) is 30.2 Å². The van der Waals surface area contributed by atoms with Crippen molar-refractivity contribution in [2.75, 3.05) is 26.2 Å². The fraction of sp³-hybridized carbons (Fsp3) is 0.350. The number of carbonyl (C=O) groups is 1. The summed E-state index contributed by atoms with van der Waals surface area (Å²) in [5.74, 6) is -0.769. The van der Waals surface area contributed by atoms with Gasteiger partial charge in [-0.3, -0.25) is 14.6 Å². The van der Waals surface area contributed by atoms with Crippen LogP contribution in [0.2, 0.25) is 5.02 Å². The van der Waals surface area contributed by atoms with Crippen molar-refractivity contribution < 1.29 is 9.90 Å². The van der Waals surface area contributed by atoms with E-state index in [9.17, 15) is 4.79 Å². The van der Waals surface area contributed by atoms with Gasteiger partial charge in [-0.2, -0.15) is 0 Å². The highest BCUT2D eigenvalue weighted by molar-refractivity contribution is 6.30. The van der Waals surface area contributed by atoms with Crippen LogP contribution in [0.3, 0.4) is 0 Å². The Labute approximate surface area is 153 Å². The van der Waals surface area contributed by atoms with Crippen LogP contribution in [-0.2, 0) is 4.79 Å². The van der Waals surface area contributed by atoms with Crippen molar-refractivity contribution >= 4 is 17.6 Å². The molecule has 132 valence electrons. The Morgan fingerprint density at radius 3 is 2.52 bits per heavy atom. The van der Waals surface area contributed by atoms with E-state index in [1.54, 1.807) is 0 Å². The van der Waals surface area contributed by atoms with E-state index < -0.39 is 5.97 Å². The van der Waals surface area contributed by atoms with Gasteiger partial charge in [0.25, 0.3) is 0 Å². The molecule has 0 radical (unpaired) electrons. The predicted molar refractivity (Wildman–Crippen MR) is 100.0 cm³/mol. The third-order valence-electron chi connectivity index (χ3n) is 4.78. The minimum atomic E-state index is -0.769. The number of carboxylic acid groups (broad SMARTS) is 1. The highest BCUT2D eigenvalue weighted by atomic mass is 35.5. The van der Waals surface area contributed by atoms with Gasteiger partial charge in [-0.15, -0.1) is 0 Å². The first-order chi connectivity index (χ1) is 12.0. The van der Waals surface area contributed by atoms with Crippen LogP contribution in [0.4, 0.5) is 0 Å². The molecular formula is C20H23ClN2O2. The van der Waals surface area contributed by atoms with Gasteiger partial charge in [0.05, 0.1) is 12.6 Å². The molecule has 5 heteroatoms. The maximum Gasteiger partial charge on any atom is 0.317 e. The van der Waals surface area contributed by atoms with E-state index in [1.807, 2.05) is 29.2 Å². The lowest BCUT2D eigenvalue weighted by atomic mass is 9.95. The predicted octanol–water partition coefficient (Wildman–Crippen LogP) is 3.52. The highest BCUT2D eigenvalue weighted by Crippen LogP contribution is 2.31. The Bertz CT molecular complexity index is 723. The number of hydrogen-bond acceptors (Lipinski definition) is 3. The average molecular weight is 359 g/mol. The molecule has 1 unspecified atom stereocenters. The second-order valence-electron chi connectivity index (χ2n) is 6.58. The Balaban J connectivity index is 1.87. The van der Waals surface area contributed by atoms with Crippen LogP contribution in [0.1, 0.15) is 24.1 Å². The molecule has 0 amide bonds. The van der Waals surface area contributed by atoms with Gasteiger partial charge in [-0.25, -0.2) is 0 Å². The molecule has 1 heterocycles. The molecule has 2 aromatic carbocycles. The largest absolute Gasteiger partial charge is 0.480 e. The maximum atomic E-state index is 11.0. The molecule has 25 heavy (non-hydrogen) atoms. The standard InChI is InChI=1S/C20H23ClN2O2/c1-15-13-23(11-10-22(15)14-19(24)25)20(16-6-3-2-4-7-16)17-8-5-9-18(21)12-17/h2-9,12,15,20H,10-11,13-14H2,1H3,(H,24,25)/t15?,20-/m1/s1. The first-order valence-corrected chi connectivity index (χ1v) is 8.92. The zero-order valence-corrected chi connectivity index (χ0v) is 15.1.